The quantitative estimate of drug-likeness (QED) is 0.608. The predicted molar refractivity (Wildman–Crippen MR) is 117 cm³/mol. The Kier molecular flexibility index (Phi) is 6.12. The maximum absolute atomic E-state index is 12.1. The van der Waals surface area contributed by atoms with Crippen molar-refractivity contribution in [2.75, 3.05) is 24.8 Å². The highest BCUT2D eigenvalue weighted by molar-refractivity contribution is 7.92. The van der Waals surface area contributed by atoms with Crippen LogP contribution >= 0.6 is 0 Å². The largest absolute Gasteiger partial charge is 0.497 e. The molecule has 0 heterocycles. The minimum atomic E-state index is -3.85. The van der Waals surface area contributed by atoms with Crippen LogP contribution in [0.1, 0.15) is 5.56 Å². The summed E-state index contributed by atoms with van der Waals surface area (Å²) in [6.45, 7) is 2.03. The van der Waals surface area contributed by atoms with Crippen LogP contribution in [0, 0.1) is 6.92 Å². The summed E-state index contributed by atoms with van der Waals surface area (Å²) < 4.78 is 29.4. The highest BCUT2D eigenvalue weighted by atomic mass is 32.2. The van der Waals surface area contributed by atoms with Crippen molar-refractivity contribution in [1.29, 1.82) is 0 Å². The van der Waals surface area contributed by atoms with E-state index in [1.165, 1.54) is 12.1 Å². The van der Waals surface area contributed by atoms with Crippen LogP contribution < -0.4 is 9.64 Å². The number of aryl methyl sites for hydroxylation is 1. The lowest BCUT2D eigenvalue weighted by Gasteiger charge is -2.21. The minimum absolute atomic E-state index is 0.00958. The van der Waals surface area contributed by atoms with Gasteiger partial charge in [-0.15, -0.1) is 0 Å². The number of anilines is 2. The number of ether oxygens (including phenoxy) is 1. The Hall–Kier alpha value is -3.32. The van der Waals surface area contributed by atoms with Crippen molar-refractivity contribution < 1.29 is 23.1 Å². The van der Waals surface area contributed by atoms with Crippen molar-refractivity contribution in [3.8, 4) is 16.9 Å². The zero-order chi connectivity index (χ0) is 21.9. The molecular weight excluding hydrogens is 402 g/mol. The summed E-state index contributed by atoms with van der Waals surface area (Å²) in [5, 5.41) is 8.78. The molecule has 3 rings (SSSR count). The SMILES string of the molecule is COc1ccc(-c2cccc(N(C)c3ccc(S(=O)(=O)CC(=O)O)cc3)c2)c(C)c1. The van der Waals surface area contributed by atoms with Crippen molar-refractivity contribution in [2.24, 2.45) is 0 Å². The topological polar surface area (TPSA) is 83.9 Å². The summed E-state index contributed by atoms with van der Waals surface area (Å²) >= 11 is 0. The van der Waals surface area contributed by atoms with Crippen molar-refractivity contribution in [2.45, 2.75) is 11.8 Å². The molecule has 0 fully saturated rings. The van der Waals surface area contributed by atoms with Crippen molar-refractivity contribution >= 4 is 27.2 Å². The molecule has 0 amide bonds. The first-order valence-electron chi connectivity index (χ1n) is 9.24. The predicted octanol–water partition coefficient (Wildman–Crippen LogP) is 4.30. The van der Waals surface area contributed by atoms with Crippen LogP contribution in [0.25, 0.3) is 11.1 Å². The number of methoxy groups -OCH3 is 1. The molecule has 6 nitrogen and oxygen atoms in total. The number of benzene rings is 3. The van der Waals surface area contributed by atoms with E-state index in [2.05, 4.69) is 6.07 Å². The first-order valence-corrected chi connectivity index (χ1v) is 10.9. The summed E-state index contributed by atoms with van der Waals surface area (Å²) in [4.78, 5) is 12.7. The second-order valence-electron chi connectivity index (χ2n) is 6.94. The molecule has 156 valence electrons. The van der Waals surface area contributed by atoms with Gasteiger partial charge < -0.3 is 14.7 Å². The average molecular weight is 426 g/mol. The molecule has 3 aromatic rings. The lowest BCUT2D eigenvalue weighted by Crippen LogP contribution is -2.15. The van der Waals surface area contributed by atoms with Gasteiger partial charge in [-0.1, -0.05) is 18.2 Å². The molecule has 30 heavy (non-hydrogen) atoms. The van der Waals surface area contributed by atoms with Crippen LogP contribution in [0.2, 0.25) is 0 Å². The molecule has 0 saturated heterocycles. The van der Waals surface area contributed by atoms with Crippen LogP contribution in [0.5, 0.6) is 5.75 Å². The second kappa shape index (κ2) is 8.59. The molecule has 0 aliphatic heterocycles. The Morgan fingerprint density at radius 1 is 1.00 bits per heavy atom. The standard InChI is InChI=1S/C23H23NO5S/c1-16-13-20(29-3)9-12-22(16)17-5-4-6-19(14-17)24(2)18-7-10-21(11-8-18)30(27,28)15-23(25)26/h4-14H,15H2,1-3H3,(H,25,26). The lowest BCUT2D eigenvalue weighted by molar-refractivity contribution is -0.134. The zero-order valence-corrected chi connectivity index (χ0v) is 17.8. The highest BCUT2D eigenvalue weighted by Crippen LogP contribution is 2.32. The molecule has 0 aromatic heterocycles. The highest BCUT2D eigenvalue weighted by Gasteiger charge is 2.19. The number of hydrogen-bond acceptors (Lipinski definition) is 5. The maximum Gasteiger partial charge on any atom is 0.319 e. The van der Waals surface area contributed by atoms with Gasteiger partial charge in [-0.05, 0) is 72.1 Å². The molecule has 0 unspecified atom stereocenters. The van der Waals surface area contributed by atoms with Crippen LogP contribution in [-0.4, -0.2) is 39.4 Å². The second-order valence-corrected chi connectivity index (χ2v) is 8.93. The molecule has 1 N–H and O–H groups in total. The van der Waals surface area contributed by atoms with Crippen LogP contribution in [-0.2, 0) is 14.6 Å². The number of hydrogen-bond donors (Lipinski definition) is 1. The fourth-order valence-electron chi connectivity index (χ4n) is 3.24. The molecule has 0 aliphatic carbocycles. The summed E-state index contributed by atoms with van der Waals surface area (Å²) in [6.07, 6.45) is 0. The first-order chi connectivity index (χ1) is 14.2. The van der Waals surface area contributed by atoms with Gasteiger partial charge in [0.25, 0.3) is 0 Å². The van der Waals surface area contributed by atoms with E-state index in [0.717, 1.165) is 33.8 Å². The fourth-order valence-corrected chi connectivity index (χ4v) is 4.28. The van der Waals surface area contributed by atoms with Gasteiger partial charge in [0, 0.05) is 18.4 Å². The number of carboxylic acid groups (broad SMARTS) is 1. The van der Waals surface area contributed by atoms with Gasteiger partial charge in [0.1, 0.15) is 5.75 Å². The van der Waals surface area contributed by atoms with E-state index in [4.69, 9.17) is 9.84 Å². The molecule has 0 aliphatic rings. The molecule has 7 heteroatoms. The normalized spacial score (nSPS) is 11.2. The van der Waals surface area contributed by atoms with Gasteiger partial charge in [-0.2, -0.15) is 0 Å². The van der Waals surface area contributed by atoms with Gasteiger partial charge in [0.15, 0.2) is 15.6 Å². The average Bonchev–Trinajstić information content (AvgIpc) is 2.72. The number of carbonyl (C=O) groups is 1. The van der Waals surface area contributed by atoms with Crippen molar-refractivity contribution in [3.05, 3.63) is 72.3 Å². The van der Waals surface area contributed by atoms with E-state index in [1.807, 2.05) is 55.3 Å². The maximum atomic E-state index is 12.1. The van der Waals surface area contributed by atoms with Crippen LogP contribution in [0.3, 0.4) is 0 Å². The van der Waals surface area contributed by atoms with Gasteiger partial charge in [0.05, 0.1) is 12.0 Å². The molecule has 0 bridgehead atoms. The number of nitrogens with zero attached hydrogens (tertiary/aromatic N) is 1. The molecular formula is C23H23NO5S. The third kappa shape index (κ3) is 4.63. The number of carboxylic acids is 1. The van der Waals surface area contributed by atoms with Gasteiger partial charge in [-0.3, -0.25) is 4.79 Å². The third-order valence-electron chi connectivity index (χ3n) is 4.87. The zero-order valence-electron chi connectivity index (χ0n) is 17.0. The summed E-state index contributed by atoms with van der Waals surface area (Å²) in [5.41, 5.74) is 4.97. The van der Waals surface area contributed by atoms with E-state index < -0.39 is 21.6 Å². The lowest BCUT2D eigenvalue weighted by atomic mass is 9.99. The van der Waals surface area contributed by atoms with Gasteiger partial charge >= 0.3 is 5.97 Å². The summed E-state index contributed by atoms with van der Waals surface area (Å²) in [6, 6.07) is 20.2. The monoisotopic (exact) mass is 425 g/mol. The van der Waals surface area contributed by atoms with Gasteiger partial charge in [0.2, 0.25) is 0 Å². The van der Waals surface area contributed by atoms with Crippen molar-refractivity contribution in [3.63, 3.8) is 0 Å². The Morgan fingerprint density at radius 2 is 1.70 bits per heavy atom. The van der Waals surface area contributed by atoms with E-state index in [-0.39, 0.29) is 4.90 Å². The Labute approximate surface area is 176 Å². The number of rotatable bonds is 7. The molecule has 0 radical (unpaired) electrons. The van der Waals surface area contributed by atoms with E-state index >= 15 is 0 Å². The minimum Gasteiger partial charge on any atom is -0.497 e. The van der Waals surface area contributed by atoms with Gasteiger partial charge in [-0.25, -0.2) is 8.42 Å². The Morgan fingerprint density at radius 3 is 2.30 bits per heavy atom. The Bertz CT molecular complexity index is 1170. The molecule has 0 saturated carbocycles. The summed E-state index contributed by atoms with van der Waals surface area (Å²) in [7, 11) is -0.318. The first kappa shape index (κ1) is 21.4. The molecule has 0 atom stereocenters. The fraction of sp³-hybridized carbons (Fsp3) is 0.174. The van der Waals surface area contributed by atoms with E-state index in [1.54, 1.807) is 19.2 Å². The van der Waals surface area contributed by atoms with E-state index in [9.17, 15) is 13.2 Å². The number of sulfone groups is 1. The third-order valence-corrected chi connectivity index (χ3v) is 6.49. The summed E-state index contributed by atoms with van der Waals surface area (Å²) in [5.74, 6) is -1.49. The van der Waals surface area contributed by atoms with Crippen LogP contribution in [0.15, 0.2) is 71.6 Å². The van der Waals surface area contributed by atoms with Crippen LogP contribution in [0.4, 0.5) is 11.4 Å². The van der Waals surface area contributed by atoms with E-state index in [0.29, 0.717) is 0 Å². The Balaban J connectivity index is 1.88. The van der Waals surface area contributed by atoms with Crippen molar-refractivity contribution in [1.82, 2.24) is 0 Å². The molecule has 3 aromatic carbocycles. The smallest absolute Gasteiger partial charge is 0.319 e. The number of aliphatic carboxylic acids is 1. The molecule has 0 spiro atoms.